The Morgan fingerprint density at radius 3 is 2.96 bits per heavy atom. The second kappa shape index (κ2) is 5.38. The number of aromatic amines is 1. The number of carbonyl (C=O) groups is 1. The minimum atomic E-state index is -0.165. The summed E-state index contributed by atoms with van der Waals surface area (Å²) in [7, 11) is 0. The van der Waals surface area contributed by atoms with Crippen molar-refractivity contribution < 1.29 is 4.79 Å². The number of hydrogen-bond donors (Lipinski definition) is 2. The van der Waals surface area contributed by atoms with E-state index in [1.165, 1.54) is 11.0 Å². The predicted octanol–water partition coefficient (Wildman–Crippen LogP) is 2.40. The van der Waals surface area contributed by atoms with E-state index in [9.17, 15) is 4.79 Å². The average molecular weight is 304 g/mol. The first kappa shape index (κ1) is 13.2. The highest BCUT2D eigenvalue weighted by Gasteiger charge is 2.08. The Morgan fingerprint density at radius 2 is 2.09 bits per heavy atom. The molecule has 0 fully saturated rings. The number of anilines is 1. The molecule has 0 aliphatic heterocycles. The summed E-state index contributed by atoms with van der Waals surface area (Å²) < 4.78 is 1.53. The van der Waals surface area contributed by atoms with E-state index in [0.717, 1.165) is 16.6 Å². The normalized spacial score (nSPS) is 10.8. The minimum Gasteiger partial charge on any atom is -0.361 e. The van der Waals surface area contributed by atoms with E-state index in [4.69, 9.17) is 0 Å². The lowest BCUT2D eigenvalue weighted by Crippen LogP contribution is -2.12. The Labute approximate surface area is 130 Å². The van der Waals surface area contributed by atoms with Gasteiger partial charge in [-0.1, -0.05) is 6.07 Å². The number of carbonyl (C=O) groups excluding carboxylic acids is 1. The van der Waals surface area contributed by atoms with Gasteiger partial charge in [-0.25, -0.2) is 4.68 Å². The molecule has 2 heterocycles. The lowest BCUT2D eigenvalue weighted by Gasteiger charge is -2.07. The largest absolute Gasteiger partial charge is 0.361 e. The molecule has 0 bridgehead atoms. The second-order valence-electron chi connectivity index (χ2n) is 5.04. The first-order chi connectivity index (χ1) is 11.3. The average Bonchev–Trinajstić information content (AvgIpc) is 3.26. The zero-order chi connectivity index (χ0) is 15.6. The van der Waals surface area contributed by atoms with Crippen LogP contribution in [0.5, 0.6) is 0 Å². The fraction of sp³-hybridized carbons (Fsp3) is 0. The maximum Gasteiger partial charge on any atom is 0.255 e. The first-order valence-corrected chi connectivity index (χ1v) is 7.01. The number of H-pyrrole nitrogens is 1. The van der Waals surface area contributed by atoms with Gasteiger partial charge in [-0.15, -0.1) is 5.10 Å². The molecular formula is C16H12N6O. The summed E-state index contributed by atoms with van der Waals surface area (Å²) in [6.07, 6.45) is 3.35. The van der Waals surface area contributed by atoms with Crippen LogP contribution in [0.15, 0.2) is 61.1 Å². The van der Waals surface area contributed by atoms with Gasteiger partial charge in [0.05, 0.1) is 5.69 Å². The van der Waals surface area contributed by atoms with Crippen molar-refractivity contribution in [3.8, 4) is 5.69 Å². The molecule has 2 aromatic heterocycles. The van der Waals surface area contributed by atoms with Gasteiger partial charge in [0.15, 0.2) is 0 Å². The van der Waals surface area contributed by atoms with E-state index >= 15 is 0 Å². The number of amides is 1. The highest BCUT2D eigenvalue weighted by Crippen LogP contribution is 2.17. The molecule has 7 nitrogen and oxygen atoms in total. The Balaban J connectivity index is 1.59. The number of rotatable bonds is 3. The van der Waals surface area contributed by atoms with Crippen molar-refractivity contribution in [2.45, 2.75) is 0 Å². The van der Waals surface area contributed by atoms with Crippen molar-refractivity contribution in [3.05, 3.63) is 66.6 Å². The second-order valence-corrected chi connectivity index (χ2v) is 5.04. The van der Waals surface area contributed by atoms with Crippen molar-refractivity contribution in [3.63, 3.8) is 0 Å². The molecule has 0 unspecified atom stereocenters. The molecule has 0 aliphatic rings. The van der Waals surface area contributed by atoms with Crippen LogP contribution in [0.2, 0.25) is 0 Å². The summed E-state index contributed by atoms with van der Waals surface area (Å²) in [6.45, 7) is 0. The monoisotopic (exact) mass is 304 g/mol. The van der Waals surface area contributed by atoms with Gasteiger partial charge < -0.3 is 10.3 Å². The smallest absolute Gasteiger partial charge is 0.255 e. The van der Waals surface area contributed by atoms with E-state index in [1.54, 1.807) is 6.07 Å². The number of tetrazole rings is 1. The van der Waals surface area contributed by atoms with E-state index in [2.05, 4.69) is 25.8 Å². The summed E-state index contributed by atoms with van der Waals surface area (Å²) in [6, 6.07) is 14.8. The fourth-order valence-electron chi connectivity index (χ4n) is 2.40. The van der Waals surface area contributed by atoms with E-state index in [-0.39, 0.29) is 5.91 Å². The molecule has 7 heteroatoms. The standard InChI is InChI=1S/C16H12N6O/c23-16(12-4-5-15-11(8-12)6-7-17-15)19-13-2-1-3-14(9-13)22-10-18-20-21-22/h1-10,17H,(H,19,23). The van der Waals surface area contributed by atoms with Crippen LogP contribution in [0.3, 0.4) is 0 Å². The third-order valence-electron chi connectivity index (χ3n) is 3.53. The number of hydrogen-bond acceptors (Lipinski definition) is 4. The van der Waals surface area contributed by atoms with Crippen LogP contribution in [-0.2, 0) is 0 Å². The molecule has 0 spiro atoms. The Bertz CT molecular complexity index is 973. The topological polar surface area (TPSA) is 88.5 Å². The zero-order valence-corrected chi connectivity index (χ0v) is 12.0. The van der Waals surface area contributed by atoms with Gasteiger partial charge in [-0.2, -0.15) is 0 Å². The quantitative estimate of drug-likeness (QED) is 0.608. The van der Waals surface area contributed by atoms with Crippen LogP contribution in [-0.4, -0.2) is 31.1 Å². The maximum atomic E-state index is 12.4. The zero-order valence-electron chi connectivity index (χ0n) is 12.0. The fourth-order valence-corrected chi connectivity index (χ4v) is 2.40. The molecule has 0 saturated heterocycles. The third-order valence-corrected chi connectivity index (χ3v) is 3.53. The molecule has 23 heavy (non-hydrogen) atoms. The van der Waals surface area contributed by atoms with Gasteiger partial charge in [0.1, 0.15) is 6.33 Å². The molecule has 1 amide bonds. The van der Waals surface area contributed by atoms with Gasteiger partial charge in [0, 0.05) is 28.4 Å². The van der Waals surface area contributed by atoms with Crippen molar-refractivity contribution in [2.24, 2.45) is 0 Å². The van der Waals surface area contributed by atoms with Gasteiger partial charge in [-0.05, 0) is 52.9 Å². The van der Waals surface area contributed by atoms with Gasteiger partial charge in [0.2, 0.25) is 0 Å². The SMILES string of the molecule is O=C(Nc1cccc(-n2cnnn2)c1)c1ccc2[nH]ccc2c1. The Hall–Kier alpha value is -3.48. The van der Waals surface area contributed by atoms with Crippen molar-refractivity contribution in [2.75, 3.05) is 5.32 Å². The summed E-state index contributed by atoms with van der Waals surface area (Å²) in [4.78, 5) is 15.5. The summed E-state index contributed by atoms with van der Waals surface area (Å²) in [5, 5.41) is 14.9. The number of aromatic nitrogens is 5. The minimum absolute atomic E-state index is 0.165. The molecule has 0 saturated carbocycles. The Morgan fingerprint density at radius 1 is 1.13 bits per heavy atom. The van der Waals surface area contributed by atoms with E-state index in [0.29, 0.717) is 11.3 Å². The van der Waals surface area contributed by atoms with E-state index < -0.39 is 0 Å². The van der Waals surface area contributed by atoms with Crippen molar-refractivity contribution in [1.82, 2.24) is 25.2 Å². The Kier molecular flexibility index (Phi) is 3.09. The molecule has 112 valence electrons. The molecule has 4 rings (SSSR count). The lowest BCUT2D eigenvalue weighted by molar-refractivity contribution is 0.102. The predicted molar refractivity (Wildman–Crippen MR) is 85.4 cm³/mol. The van der Waals surface area contributed by atoms with Crippen LogP contribution < -0.4 is 5.32 Å². The van der Waals surface area contributed by atoms with Crippen LogP contribution in [0.4, 0.5) is 5.69 Å². The van der Waals surface area contributed by atoms with Crippen LogP contribution in [0, 0.1) is 0 Å². The number of fused-ring (bicyclic) bond motifs is 1. The summed E-state index contributed by atoms with van der Waals surface area (Å²) in [5.74, 6) is -0.165. The van der Waals surface area contributed by atoms with Gasteiger partial charge >= 0.3 is 0 Å². The molecule has 4 aromatic rings. The molecular weight excluding hydrogens is 292 g/mol. The third kappa shape index (κ3) is 2.55. The maximum absolute atomic E-state index is 12.4. The molecule has 0 aliphatic carbocycles. The van der Waals surface area contributed by atoms with Crippen LogP contribution in [0.25, 0.3) is 16.6 Å². The molecule has 0 radical (unpaired) electrons. The highest BCUT2D eigenvalue weighted by atomic mass is 16.1. The van der Waals surface area contributed by atoms with Gasteiger partial charge in [-0.3, -0.25) is 4.79 Å². The summed E-state index contributed by atoms with van der Waals surface area (Å²) >= 11 is 0. The number of nitrogens with zero attached hydrogens (tertiary/aromatic N) is 4. The van der Waals surface area contributed by atoms with Gasteiger partial charge in [0.25, 0.3) is 5.91 Å². The summed E-state index contributed by atoms with van der Waals surface area (Å²) in [5.41, 5.74) is 3.05. The number of benzene rings is 2. The number of nitrogens with one attached hydrogen (secondary N) is 2. The van der Waals surface area contributed by atoms with Crippen LogP contribution >= 0.6 is 0 Å². The van der Waals surface area contributed by atoms with Crippen molar-refractivity contribution in [1.29, 1.82) is 0 Å². The highest BCUT2D eigenvalue weighted by molar-refractivity contribution is 6.06. The van der Waals surface area contributed by atoms with Crippen LogP contribution in [0.1, 0.15) is 10.4 Å². The van der Waals surface area contributed by atoms with E-state index in [1.807, 2.05) is 48.7 Å². The van der Waals surface area contributed by atoms with Crippen molar-refractivity contribution >= 4 is 22.5 Å². The lowest BCUT2D eigenvalue weighted by atomic mass is 10.1. The first-order valence-electron chi connectivity index (χ1n) is 7.01. The molecule has 0 atom stereocenters. The molecule has 2 N–H and O–H groups in total. The molecule has 2 aromatic carbocycles.